The van der Waals surface area contributed by atoms with E-state index in [0.29, 0.717) is 0 Å². The largest absolute Gasteiger partial charge is 0.493 e. The number of fused-ring (bicyclic) bond motifs is 1. The second-order valence-corrected chi connectivity index (χ2v) is 5.26. The molecule has 0 saturated heterocycles. The topological polar surface area (TPSA) is 21.3 Å². The quantitative estimate of drug-likeness (QED) is 0.715. The van der Waals surface area contributed by atoms with Gasteiger partial charge in [-0.3, -0.25) is 0 Å². The minimum Gasteiger partial charge on any atom is -0.493 e. The van der Waals surface area contributed by atoms with E-state index in [9.17, 15) is 0 Å². The third-order valence-electron chi connectivity index (χ3n) is 3.34. The summed E-state index contributed by atoms with van der Waals surface area (Å²) in [5.41, 5.74) is 0. The van der Waals surface area contributed by atoms with Crippen molar-refractivity contribution in [1.82, 2.24) is 5.32 Å². The van der Waals surface area contributed by atoms with Crippen molar-refractivity contribution >= 4 is 22.4 Å². The number of nitrogens with one attached hydrogen (secondary N) is 1. The van der Waals surface area contributed by atoms with Crippen LogP contribution in [0.1, 0.15) is 26.2 Å². The van der Waals surface area contributed by atoms with E-state index in [1.165, 1.54) is 12.8 Å². The molecule has 20 heavy (non-hydrogen) atoms. The van der Waals surface area contributed by atoms with Crippen LogP contribution in [0, 0.1) is 0 Å². The molecule has 0 aliphatic carbocycles. The fourth-order valence-electron chi connectivity index (χ4n) is 2.25. The van der Waals surface area contributed by atoms with Gasteiger partial charge in [-0.2, -0.15) is 0 Å². The highest BCUT2D eigenvalue weighted by atomic mass is 35.5. The number of hydrogen-bond acceptors (Lipinski definition) is 2. The van der Waals surface area contributed by atoms with Crippen LogP contribution in [0.5, 0.6) is 5.75 Å². The van der Waals surface area contributed by atoms with E-state index in [2.05, 4.69) is 18.3 Å². The molecule has 0 bridgehead atoms. The Morgan fingerprint density at radius 1 is 1.00 bits per heavy atom. The molecule has 0 radical (unpaired) electrons. The average Bonchev–Trinajstić information content (AvgIpc) is 2.49. The zero-order chi connectivity index (χ0) is 14.2. The molecule has 0 aliphatic rings. The van der Waals surface area contributed by atoms with E-state index in [-0.39, 0.29) is 0 Å². The minimum absolute atomic E-state index is 0.762. The highest BCUT2D eigenvalue weighted by Crippen LogP contribution is 2.31. The first kappa shape index (κ1) is 15.1. The van der Waals surface area contributed by atoms with E-state index in [4.69, 9.17) is 16.3 Å². The Bertz CT molecular complexity index is 542. The first-order valence-electron chi connectivity index (χ1n) is 7.33. The summed E-state index contributed by atoms with van der Waals surface area (Å²) in [7, 11) is 0. The van der Waals surface area contributed by atoms with Crippen molar-refractivity contribution in [2.45, 2.75) is 26.2 Å². The fourth-order valence-corrected chi connectivity index (χ4v) is 2.48. The van der Waals surface area contributed by atoms with E-state index in [1.54, 1.807) is 0 Å². The van der Waals surface area contributed by atoms with Crippen molar-refractivity contribution in [3.8, 4) is 5.75 Å². The lowest BCUT2D eigenvalue weighted by Gasteiger charge is -2.10. The molecule has 2 nitrogen and oxygen atoms in total. The van der Waals surface area contributed by atoms with E-state index < -0.39 is 0 Å². The Labute approximate surface area is 126 Å². The molecule has 0 aromatic heterocycles. The van der Waals surface area contributed by atoms with Crippen molar-refractivity contribution in [2.24, 2.45) is 0 Å². The van der Waals surface area contributed by atoms with Crippen molar-refractivity contribution in [1.29, 1.82) is 0 Å². The summed E-state index contributed by atoms with van der Waals surface area (Å²) < 4.78 is 5.90. The Morgan fingerprint density at radius 3 is 2.60 bits per heavy atom. The summed E-state index contributed by atoms with van der Waals surface area (Å²) in [6.07, 6.45) is 3.49. The van der Waals surface area contributed by atoms with Crippen LogP contribution in [0.2, 0.25) is 5.02 Å². The zero-order valence-corrected chi connectivity index (χ0v) is 12.7. The van der Waals surface area contributed by atoms with Gasteiger partial charge >= 0.3 is 0 Å². The van der Waals surface area contributed by atoms with Crippen LogP contribution in [0.15, 0.2) is 36.4 Å². The molecule has 2 rings (SSSR count). The molecule has 0 heterocycles. The first-order valence-corrected chi connectivity index (χ1v) is 7.71. The molecule has 0 aliphatic heterocycles. The van der Waals surface area contributed by atoms with Crippen molar-refractivity contribution in [3.63, 3.8) is 0 Å². The summed E-state index contributed by atoms with van der Waals surface area (Å²) in [5, 5.41) is 6.25. The van der Waals surface area contributed by atoms with Gasteiger partial charge in [-0.1, -0.05) is 42.8 Å². The lowest BCUT2D eigenvalue weighted by Crippen LogP contribution is -2.14. The molecule has 0 unspecified atom stereocenters. The maximum Gasteiger partial charge on any atom is 0.127 e. The SMILES string of the molecule is CCNCCCCCOc1ccc(Cl)c2ccccc12. The standard InChI is InChI=1S/C17H22ClNO/c1-2-19-12-6-3-7-13-20-17-11-10-16(18)14-8-4-5-9-15(14)17/h4-5,8-11,19H,2-3,6-7,12-13H2,1H3. The lowest BCUT2D eigenvalue weighted by molar-refractivity contribution is 0.308. The predicted octanol–water partition coefficient (Wildman–Crippen LogP) is 4.65. The number of rotatable bonds is 8. The van der Waals surface area contributed by atoms with E-state index in [0.717, 1.165) is 47.7 Å². The summed E-state index contributed by atoms with van der Waals surface area (Å²) >= 11 is 6.20. The van der Waals surface area contributed by atoms with Gasteiger partial charge in [0, 0.05) is 15.8 Å². The van der Waals surface area contributed by atoms with Crippen LogP contribution in [0.25, 0.3) is 10.8 Å². The molecule has 0 fully saturated rings. The van der Waals surface area contributed by atoms with Crippen LogP contribution in [-0.4, -0.2) is 19.7 Å². The molecule has 0 amide bonds. The molecule has 0 spiro atoms. The third-order valence-corrected chi connectivity index (χ3v) is 3.67. The minimum atomic E-state index is 0.762. The number of ether oxygens (including phenoxy) is 1. The van der Waals surface area contributed by atoms with E-state index >= 15 is 0 Å². The number of unbranched alkanes of at least 4 members (excludes halogenated alkanes) is 2. The first-order chi connectivity index (χ1) is 9.83. The second kappa shape index (κ2) is 8.13. The third kappa shape index (κ3) is 4.12. The van der Waals surface area contributed by atoms with Gasteiger partial charge < -0.3 is 10.1 Å². The monoisotopic (exact) mass is 291 g/mol. The van der Waals surface area contributed by atoms with Gasteiger partial charge in [-0.05, 0) is 44.5 Å². The Balaban J connectivity index is 1.86. The highest BCUT2D eigenvalue weighted by molar-refractivity contribution is 6.35. The van der Waals surface area contributed by atoms with Gasteiger partial charge in [0.15, 0.2) is 0 Å². The van der Waals surface area contributed by atoms with Crippen LogP contribution in [0.4, 0.5) is 0 Å². The molecule has 3 heteroatoms. The van der Waals surface area contributed by atoms with Crippen LogP contribution in [0.3, 0.4) is 0 Å². The average molecular weight is 292 g/mol. The molecule has 108 valence electrons. The Kier molecular flexibility index (Phi) is 6.16. The molecular formula is C17H22ClNO. The van der Waals surface area contributed by atoms with Gasteiger partial charge in [0.05, 0.1) is 6.61 Å². The molecule has 2 aromatic carbocycles. The van der Waals surface area contributed by atoms with Crippen molar-refractivity contribution < 1.29 is 4.74 Å². The second-order valence-electron chi connectivity index (χ2n) is 4.85. The highest BCUT2D eigenvalue weighted by Gasteiger charge is 2.04. The fraction of sp³-hybridized carbons (Fsp3) is 0.412. The van der Waals surface area contributed by atoms with Crippen LogP contribution < -0.4 is 10.1 Å². The van der Waals surface area contributed by atoms with Crippen LogP contribution in [-0.2, 0) is 0 Å². The molecule has 1 N–H and O–H groups in total. The van der Waals surface area contributed by atoms with Gasteiger partial charge in [-0.15, -0.1) is 0 Å². The zero-order valence-electron chi connectivity index (χ0n) is 12.0. The predicted molar refractivity (Wildman–Crippen MR) is 86.8 cm³/mol. The number of halogens is 1. The lowest BCUT2D eigenvalue weighted by atomic mass is 10.1. The molecular weight excluding hydrogens is 270 g/mol. The molecule has 0 atom stereocenters. The van der Waals surface area contributed by atoms with Crippen molar-refractivity contribution in [2.75, 3.05) is 19.7 Å². The summed E-state index contributed by atoms with van der Waals surface area (Å²) in [4.78, 5) is 0. The Morgan fingerprint density at radius 2 is 1.80 bits per heavy atom. The summed E-state index contributed by atoms with van der Waals surface area (Å²) in [5.74, 6) is 0.927. The van der Waals surface area contributed by atoms with Crippen LogP contribution >= 0.6 is 11.6 Å². The maximum absolute atomic E-state index is 6.20. The van der Waals surface area contributed by atoms with Crippen molar-refractivity contribution in [3.05, 3.63) is 41.4 Å². The Hall–Kier alpha value is -1.25. The van der Waals surface area contributed by atoms with Gasteiger partial charge in [0.25, 0.3) is 0 Å². The summed E-state index contributed by atoms with van der Waals surface area (Å²) in [6.45, 7) is 5.04. The van der Waals surface area contributed by atoms with Gasteiger partial charge in [-0.25, -0.2) is 0 Å². The van der Waals surface area contributed by atoms with Gasteiger partial charge in [0.2, 0.25) is 0 Å². The van der Waals surface area contributed by atoms with E-state index in [1.807, 2.05) is 30.3 Å². The smallest absolute Gasteiger partial charge is 0.127 e. The molecule has 2 aromatic rings. The number of benzene rings is 2. The van der Waals surface area contributed by atoms with Gasteiger partial charge in [0.1, 0.15) is 5.75 Å². The molecule has 0 saturated carbocycles. The summed E-state index contributed by atoms with van der Waals surface area (Å²) in [6, 6.07) is 12.0. The normalized spacial score (nSPS) is 10.9. The number of hydrogen-bond donors (Lipinski definition) is 1. The maximum atomic E-state index is 6.20.